The summed E-state index contributed by atoms with van der Waals surface area (Å²) in [5, 5.41) is 1.51. The van der Waals surface area contributed by atoms with Crippen LogP contribution >= 0.6 is 0 Å². The molecular formula is C15H21F2N3O. The Kier molecular flexibility index (Phi) is 6.98. The van der Waals surface area contributed by atoms with Gasteiger partial charge in [-0.3, -0.25) is 10.0 Å². The van der Waals surface area contributed by atoms with Crippen LogP contribution < -0.4 is 5.43 Å². The van der Waals surface area contributed by atoms with Crippen molar-refractivity contribution < 1.29 is 13.5 Å². The van der Waals surface area contributed by atoms with Crippen LogP contribution in [0, 0.1) is 11.6 Å². The maximum absolute atomic E-state index is 14.0. The van der Waals surface area contributed by atoms with Crippen LogP contribution in [0.3, 0.4) is 0 Å². The molecule has 1 N–H and O–H groups in total. The van der Waals surface area contributed by atoms with Crippen molar-refractivity contribution in [2.24, 2.45) is 4.99 Å². The van der Waals surface area contributed by atoms with Crippen LogP contribution in [0.1, 0.15) is 25.6 Å². The van der Waals surface area contributed by atoms with Crippen molar-refractivity contribution >= 4 is 6.34 Å². The van der Waals surface area contributed by atoms with Crippen molar-refractivity contribution in [2.45, 2.75) is 26.2 Å². The lowest BCUT2D eigenvalue weighted by molar-refractivity contribution is -0.0766. The summed E-state index contributed by atoms with van der Waals surface area (Å²) in [6.07, 6.45) is 2.23. The number of benzene rings is 1. The molecule has 6 heteroatoms. The largest absolute Gasteiger partial charge is 0.350 e. The molecule has 1 unspecified atom stereocenters. The van der Waals surface area contributed by atoms with Crippen LogP contribution in [0.2, 0.25) is 0 Å². The highest BCUT2D eigenvalue weighted by Crippen LogP contribution is 2.24. The number of aliphatic imine (C=N–C) groups is 1. The van der Waals surface area contributed by atoms with Gasteiger partial charge in [0.05, 0.1) is 12.6 Å². The summed E-state index contributed by atoms with van der Waals surface area (Å²) in [6, 6.07) is 3.40. The number of hydrazine groups is 1. The SMILES string of the molecule is C=CCN=CN(NC)C(OC(C)C)c1ccc(F)cc1F. The summed E-state index contributed by atoms with van der Waals surface area (Å²) in [6.45, 7) is 7.67. The van der Waals surface area contributed by atoms with Gasteiger partial charge in [0.25, 0.3) is 0 Å². The normalized spacial score (nSPS) is 12.9. The van der Waals surface area contributed by atoms with Gasteiger partial charge in [-0.1, -0.05) is 6.08 Å². The van der Waals surface area contributed by atoms with Crippen molar-refractivity contribution in [3.63, 3.8) is 0 Å². The minimum atomic E-state index is -0.760. The summed E-state index contributed by atoms with van der Waals surface area (Å²) in [4.78, 5) is 4.11. The molecule has 116 valence electrons. The molecule has 0 saturated carbocycles. The third-order valence-electron chi connectivity index (χ3n) is 2.58. The summed E-state index contributed by atoms with van der Waals surface area (Å²) >= 11 is 0. The first-order valence-electron chi connectivity index (χ1n) is 6.66. The number of ether oxygens (including phenoxy) is 1. The minimum Gasteiger partial charge on any atom is -0.350 e. The van der Waals surface area contributed by atoms with Gasteiger partial charge in [0.2, 0.25) is 0 Å². The Labute approximate surface area is 124 Å². The second kappa shape index (κ2) is 8.49. The zero-order chi connectivity index (χ0) is 15.8. The molecule has 0 heterocycles. The zero-order valence-electron chi connectivity index (χ0n) is 12.5. The van der Waals surface area contributed by atoms with Crippen LogP contribution in [0.25, 0.3) is 0 Å². The zero-order valence-corrected chi connectivity index (χ0v) is 12.5. The van der Waals surface area contributed by atoms with E-state index < -0.39 is 17.9 Å². The molecule has 0 aromatic heterocycles. The highest BCUT2D eigenvalue weighted by molar-refractivity contribution is 5.55. The van der Waals surface area contributed by atoms with Crippen molar-refractivity contribution in [1.82, 2.24) is 10.4 Å². The Bertz CT molecular complexity index is 492. The molecule has 1 aromatic carbocycles. The van der Waals surface area contributed by atoms with Gasteiger partial charge >= 0.3 is 0 Å². The van der Waals surface area contributed by atoms with Gasteiger partial charge in [0.1, 0.15) is 18.0 Å². The fourth-order valence-electron chi connectivity index (χ4n) is 1.69. The Morgan fingerprint density at radius 3 is 2.67 bits per heavy atom. The average molecular weight is 297 g/mol. The molecule has 0 aliphatic heterocycles. The van der Waals surface area contributed by atoms with E-state index in [9.17, 15) is 8.78 Å². The van der Waals surface area contributed by atoms with E-state index in [0.29, 0.717) is 6.54 Å². The molecule has 1 aromatic rings. The third-order valence-corrected chi connectivity index (χ3v) is 2.58. The standard InChI is InChI=1S/C15H21F2N3O/c1-5-8-19-10-20(18-4)15(21-11(2)3)13-7-6-12(16)9-14(13)17/h5-7,9-11,15,18H,1,8H2,2-4H3. The van der Waals surface area contributed by atoms with E-state index in [4.69, 9.17) is 4.74 Å². The predicted octanol–water partition coefficient (Wildman–Crippen LogP) is 3.04. The predicted molar refractivity (Wildman–Crippen MR) is 79.8 cm³/mol. The molecule has 1 atom stereocenters. The van der Waals surface area contributed by atoms with E-state index in [-0.39, 0.29) is 11.7 Å². The second-order valence-electron chi connectivity index (χ2n) is 4.60. The molecule has 1 rings (SSSR count). The first-order valence-corrected chi connectivity index (χ1v) is 6.66. The summed E-state index contributed by atoms with van der Waals surface area (Å²) in [5.41, 5.74) is 3.10. The van der Waals surface area contributed by atoms with Gasteiger partial charge < -0.3 is 4.74 Å². The molecule has 0 spiro atoms. The molecule has 0 fully saturated rings. The van der Waals surface area contributed by atoms with Gasteiger partial charge in [-0.2, -0.15) is 0 Å². The molecule has 0 radical (unpaired) electrons. The summed E-state index contributed by atoms with van der Waals surface area (Å²) in [7, 11) is 1.66. The monoisotopic (exact) mass is 297 g/mol. The Morgan fingerprint density at radius 2 is 2.14 bits per heavy atom. The van der Waals surface area contributed by atoms with E-state index in [1.165, 1.54) is 23.5 Å². The van der Waals surface area contributed by atoms with Crippen molar-refractivity contribution in [2.75, 3.05) is 13.6 Å². The van der Waals surface area contributed by atoms with Gasteiger partial charge in [0, 0.05) is 18.7 Å². The Hall–Kier alpha value is -1.79. The van der Waals surface area contributed by atoms with E-state index in [1.54, 1.807) is 13.1 Å². The van der Waals surface area contributed by atoms with Crippen LogP contribution in [0.5, 0.6) is 0 Å². The molecular weight excluding hydrogens is 276 g/mol. The molecule has 0 amide bonds. The Balaban J connectivity index is 3.10. The van der Waals surface area contributed by atoms with E-state index in [1.807, 2.05) is 13.8 Å². The van der Waals surface area contributed by atoms with Crippen LogP contribution in [-0.2, 0) is 4.74 Å². The number of nitrogens with zero attached hydrogens (tertiary/aromatic N) is 2. The summed E-state index contributed by atoms with van der Waals surface area (Å²) < 4.78 is 32.8. The molecule has 0 aliphatic carbocycles. The number of halogens is 2. The highest BCUT2D eigenvalue weighted by Gasteiger charge is 2.23. The highest BCUT2D eigenvalue weighted by atomic mass is 19.1. The van der Waals surface area contributed by atoms with Crippen molar-refractivity contribution in [1.29, 1.82) is 0 Å². The van der Waals surface area contributed by atoms with Crippen LogP contribution in [0.4, 0.5) is 8.78 Å². The maximum Gasteiger partial charge on any atom is 0.174 e. The fourth-order valence-corrected chi connectivity index (χ4v) is 1.69. The van der Waals surface area contributed by atoms with Crippen LogP contribution in [0.15, 0.2) is 35.8 Å². The Morgan fingerprint density at radius 1 is 1.43 bits per heavy atom. The fraction of sp³-hybridized carbons (Fsp3) is 0.400. The second-order valence-corrected chi connectivity index (χ2v) is 4.60. The number of rotatable bonds is 8. The molecule has 0 aliphatic rings. The lowest BCUT2D eigenvalue weighted by atomic mass is 10.1. The van der Waals surface area contributed by atoms with Crippen LogP contribution in [-0.4, -0.2) is 31.0 Å². The van der Waals surface area contributed by atoms with Crippen molar-refractivity contribution in [3.8, 4) is 0 Å². The molecule has 0 bridgehead atoms. The first kappa shape index (κ1) is 17.3. The first-order chi connectivity index (χ1) is 9.99. The number of hydrogen-bond donors (Lipinski definition) is 1. The summed E-state index contributed by atoms with van der Waals surface area (Å²) in [5.74, 6) is -1.30. The molecule has 4 nitrogen and oxygen atoms in total. The minimum absolute atomic E-state index is 0.150. The number of nitrogens with one attached hydrogen (secondary N) is 1. The smallest absolute Gasteiger partial charge is 0.174 e. The quantitative estimate of drug-likeness (QED) is 0.263. The van der Waals surface area contributed by atoms with E-state index in [0.717, 1.165) is 6.07 Å². The van der Waals surface area contributed by atoms with Gasteiger partial charge in [-0.15, -0.1) is 6.58 Å². The lowest BCUT2D eigenvalue weighted by Gasteiger charge is -2.30. The van der Waals surface area contributed by atoms with Gasteiger partial charge in [-0.05, 0) is 26.0 Å². The van der Waals surface area contributed by atoms with Gasteiger partial charge in [0.15, 0.2) is 6.23 Å². The van der Waals surface area contributed by atoms with Crippen molar-refractivity contribution in [3.05, 3.63) is 48.1 Å². The maximum atomic E-state index is 14.0. The molecule has 21 heavy (non-hydrogen) atoms. The lowest BCUT2D eigenvalue weighted by Crippen LogP contribution is -2.40. The van der Waals surface area contributed by atoms with E-state index in [2.05, 4.69) is 17.0 Å². The topological polar surface area (TPSA) is 36.9 Å². The molecule has 0 saturated heterocycles. The number of hydrogen-bond acceptors (Lipinski definition) is 3. The third kappa shape index (κ3) is 5.24. The van der Waals surface area contributed by atoms with Gasteiger partial charge in [-0.25, -0.2) is 14.2 Å². The average Bonchev–Trinajstić information content (AvgIpc) is 2.42. The van der Waals surface area contributed by atoms with E-state index >= 15 is 0 Å².